The van der Waals surface area contributed by atoms with Crippen molar-refractivity contribution in [1.29, 1.82) is 0 Å². The van der Waals surface area contributed by atoms with E-state index in [0.717, 1.165) is 5.56 Å². The van der Waals surface area contributed by atoms with E-state index in [1.807, 2.05) is 6.92 Å². The third kappa shape index (κ3) is 5.20. The van der Waals surface area contributed by atoms with Crippen molar-refractivity contribution in [2.75, 3.05) is 37.7 Å². The molecule has 3 rings (SSSR count). The zero-order valence-electron chi connectivity index (χ0n) is 16.4. The summed E-state index contributed by atoms with van der Waals surface area (Å²) in [6, 6.07) is 12.5. The molecule has 0 atom stereocenters. The first-order valence-corrected chi connectivity index (χ1v) is 11.1. The highest BCUT2D eigenvalue weighted by atomic mass is 32.2. The van der Waals surface area contributed by atoms with Crippen LogP contribution in [0.4, 0.5) is 10.1 Å². The van der Waals surface area contributed by atoms with Gasteiger partial charge >= 0.3 is 0 Å². The van der Waals surface area contributed by atoms with Crippen LogP contribution in [0, 0.1) is 5.82 Å². The van der Waals surface area contributed by atoms with Gasteiger partial charge in [0.05, 0.1) is 18.1 Å². The zero-order valence-corrected chi connectivity index (χ0v) is 17.2. The normalized spacial score (nSPS) is 15.2. The second kappa shape index (κ2) is 9.47. The number of hydrogen-bond acceptors (Lipinski definition) is 4. The Morgan fingerprint density at radius 3 is 2.28 bits per heavy atom. The van der Waals surface area contributed by atoms with E-state index in [9.17, 15) is 17.6 Å². The maximum absolute atomic E-state index is 13.1. The largest absolute Gasteiger partial charge is 0.379 e. The lowest BCUT2D eigenvalue weighted by atomic mass is 10.1. The number of amides is 1. The third-order valence-corrected chi connectivity index (χ3v) is 6.83. The van der Waals surface area contributed by atoms with Crippen molar-refractivity contribution in [3.63, 3.8) is 0 Å². The summed E-state index contributed by atoms with van der Waals surface area (Å²) in [4.78, 5) is 14.4. The van der Waals surface area contributed by atoms with Crippen LogP contribution in [0.15, 0.2) is 53.4 Å². The van der Waals surface area contributed by atoms with E-state index >= 15 is 0 Å². The van der Waals surface area contributed by atoms with Crippen molar-refractivity contribution in [2.45, 2.75) is 24.7 Å². The first kappa shape index (κ1) is 21.4. The number of aryl methyl sites for hydroxylation is 1. The van der Waals surface area contributed by atoms with Crippen LogP contribution >= 0.6 is 0 Å². The zero-order chi connectivity index (χ0) is 20.9. The molecule has 0 saturated carbocycles. The summed E-state index contributed by atoms with van der Waals surface area (Å²) in [5, 5.41) is 0. The van der Waals surface area contributed by atoms with Gasteiger partial charge in [-0.15, -0.1) is 0 Å². The number of carbonyl (C=O) groups is 1. The Morgan fingerprint density at radius 2 is 1.69 bits per heavy atom. The predicted molar refractivity (Wildman–Crippen MR) is 109 cm³/mol. The molecular weight excluding hydrogens is 395 g/mol. The Kier molecular flexibility index (Phi) is 7.00. The topological polar surface area (TPSA) is 66.9 Å². The van der Waals surface area contributed by atoms with Crippen LogP contribution in [0.3, 0.4) is 0 Å². The summed E-state index contributed by atoms with van der Waals surface area (Å²) in [5.74, 6) is -0.409. The lowest BCUT2D eigenvalue weighted by Crippen LogP contribution is -2.40. The Bertz CT molecular complexity index is 924. The number of halogens is 1. The first-order valence-electron chi connectivity index (χ1n) is 9.64. The number of morpholine rings is 1. The van der Waals surface area contributed by atoms with Crippen LogP contribution in [0.2, 0.25) is 0 Å². The second-order valence-corrected chi connectivity index (χ2v) is 8.71. The monoisotopic (exact) mass is 420 g/mol. The van der Waals surface area contributed by atoms with Crippen LogP contribution in [0.25, 0.3) is 0 Å². The average Bonchev–Trinajstić information content (AvgIpc) is 2.75. The molecule has 8 heteroatoms. The molecule has 0 aliphatic carbocycles. The fourth-order valence-electron chi connectivity index (χ4n) is 3.27. The quantitative estimate of drug-likeness (QED) is 0.691. The second-order valence-electron chi connectivity index (χ2n) is 6.77. The van der Waals surface area contributed by atoms with Gasteiger partial charge in [0.1, 0.15) is 5.82 Å². The molecule has 0 N–H and O–H groups in total. The predicted octanol–water partition coefficient (Wildman–Crippen LogP) is 2.83. The number of nitrogens with zero attached hydrogens (tertiary/aromatic N) is 2. The maximum Gasteiger partial charge on any atom is 0.243 e. The van der Waals surface area contributed by atoms with Crippen molar-refractivity contribution in [3.05, 3.63) is 59.9 Å². The first-order chi connectivity index (χ1) is 13.9. The number of benzene rings is 2. The molecule has 2 aromatic rings. The van der Waals surface area contributed by atoms with Crippen LogP contribution in [-0.4, -0.2) is 51.5 Å². The van der Waals surface area contributed by atoms with E-state index in [4.69, 9.17) is 4.74 Å². The molecule has 1 heterocycles. The van der Waals surface area contributed by atoms with Crippen LogP contribution in [0.1, 0.15) is 18.9 Å². The molecule has 0 spiro atoms. The fraction of sp³-hybridized carbons (Fsp3) is 0.381. The molecule has 0 aromatic heterocycles. The number of sulfonamides is 1. The lowest BCUT2D eigenvalue weighted by molar-refractivity contribution is -0.118. The summed E-state index contributed by atoms with van der Waals surface area (Å²) >= 11 is 0. The molecule has 1 aliphatic rings. The minimum atomic E-state index is -3.52. The average molecular weight is 421 g/mol. The van der Waals surface area contributed by atoms with Gasteiger partial charge in [0.2, 0.25) is 15.9 Å². The van der Waals surface area contributed by atoms with Crippen LogP contribution < -0.4 is 4.90 Å². The number of carbonyl (C=O) groups excluding carboxylic acids is 1. The summed E-state index contributed by atoms with van der Waals surface area (Å²) < 4.78 is 45.1. The van der Waals surface area contributed by atoms with E-state index in [0.29, 0.717) is 45.0 Å². The van der Waals surface area contributed by atoms with Gasteiger partial charge < -0.3 is 9.64 Å². The van der Waals surface area contributed by atoms with E-state index in [-0.39, 0.29) is 23.0 Å². The van der Waals surface area contributed by atoms with Gasteiger partial charge in [0.15, 0.2) is 0 Å². The molecule has 0 radical (unpaired) electrons. The standard InChI is InChI=1S/C21H25FN2O4S/c1-2-24(19-8-6-18(22)7-9-19)21(25)12-5-17-3-10-20(11-4-17)29(26,27)23-13-15-28-16-14-23/h3-4,6-11H,2,5,12-16H2,1H3. The Morgan fingerprint density at radius 1 is 1.07 bits per heavy atom. The number of anilines is 1. The Balaban J connectivity index is 1.62. The van der Waals surface area contributed by atoms with Crippen molar-refractivity contribution in [2.24, 2.45) is 0 Å². The molecule has 0 bridgehead atoms. The molecule has 1 aliphatic heterocycles. The molecule has 6 nitrogen and oxygen atoms in total. The summed E-state index contributed by atoms with van der Waals surface area (Å²) in [6.45, 7) is 3.88. The number of rotatable bonds is 7. The number of ether oxygens (including phenoxy) is 1. The Labute approximate surface area is 170 Å². The Hall–Kier alpha value is -2.29. The molecule has 29 heavy (non-hydrogen) atoms. The molecule has 1 fully saturated rings. The van der Waals surface area contributed by atoms with Crippen LogP contribution in [-0.2, 0) is 26.0 Å². The van der Waals surface area contributed by atoms with Gasteiger partial charge in [-0.2, -0.15) is 4.31 Å². The maximum atomic E-state index is 13.1. The van der Waals surface area contributed by atoms with Crippen molar-refractivity contribution in [1.82, 2.24) is 4.31 Å². The highest BCUT2D eigenvalue weighted by Gasteiger charge is 2.26. The summed E-state index contributed by atoms with van der Waals surface area (Å²) in [6.07, 6.45) is 0.773. The smallest absolute Gasteiger partial charge is 0.243 e. The van der Waals surface area contributed by atoms with Gasteiger partial charge in [-0.1, -0.05) is 12.1 Å². The van der Waals surface area contributed by atoms with E-state index in [2.05, 4.69) is 0 Å². The molecule has 1 saturated heterocycles. The molecule has 2 aromatic carbocycles. The highest BCUT2D eigenvalue weighted by molar-refractivity contribution is 7.89. The van der Waals surface area contributed by atoms with Crippen LogP contribution in [0.5, 0.6) is 0 Å². The SMILES string of the molecule is CCN(C(=O)CCc1ccc(S(=O)(=O)N2CCOCC2)cc1)c1ccc(F)cc1. The lowest BCUT2D eigenvalue weighted by Gasteiger charge is -2.26. The third-order valence-electron chi connectivity index (χ3n) is 4.91. The van der Waals surface area contributed by atoms with Gasteiger partial charge in [0, 0.05) is 31.7 Å². The van der Waals surface area contributed by atoms with Crippen molar-refractivity contribution in [3.8, 4) is 0 Å². The minimum Gasteiger partial charge on any atom is -0.379 e. The highest BCUT2D eigenvalue weighted by Crippen LogP contribution is 2.20. The molecule has 156 valence electrons. The van der Waals surface area contributed by atoms with Gasteiger partial charge in [-0.25, -0.2) is 12.8 Å². The van der Waals surface area contributed by atoms with E-state index < -0.39 is 10.0 Å². The summed E-state index contributed by atoms with van der Waals surface area (Å²) in [7, 11) is -3.52. The van der Waals surface area contributed by atoms with E-state index in [1.165, 1.54) is 16.4 Å². The van der Waals surface area contributed by atoms with Crippen molar-refractivity contribution < 1.29 is 22.3 Å². The molecule has 0 unspecified atom stereocenters. The number of hydrogen-bond donors (Lipinski definition) is 0. The van der Waals surface area contributed by atoms with Gasteiger partial charge in [-0.3, -0.25) is 4.79 Å². The molecule has 1 amide bonds. The van der Waals surface area contributed by atoms with E-state index in [1.54, 1.807) is 41.3 Å². The summed E-state index contributed by atoms with van der Waals surface area (Å²) in [5.41, 5.74) is 1.54. The molecular formula is C21H25FN2O4S. The fourth-order valence-corrected chi connectivity index (χ4v) is 4.68. The van der Waals surface area contributed by atoms with Gasteiger partial charge in [0.25, 0.3) is 0 Å². The minimum absolute atomic E-state index is 0.0656. The van der Waals surface area contributed by atoms with Crippen molar-refractivity contribution >= 4 is 21.6 Å². The van der Waals surface area contributed by atoms with Gasteiger partial charge in [-0.05, 0) is 55.3 Å².